The Labute approximate surface area is 187 Å². The van der Waals surface area contributed by atoms with E-state index in [1.54, 1.807) is 4.57 Å². The van der Waals surface area contributed by atoms with Crippen LogP contribution in [-0.4, -0.2) is 36.6 Å². The number of aryl methyl sites for hydroxylation is 1. The largest absolute Gasteiger partial charge is 0.330 e. The van der Waals surface area contributed by atoms with Crippen molar-refractivity contribution in [1.82, 2.24) is 24.0 Å². The van der Waals surface area contributed by atoms with E-state index >= 15 is 0 Å². The fourth-order valence-corrected chi connectivity index (χ4v) is 6.62. The van der Waals surface area contributed by atoms with Crippen LogP contribution in [0.5, 0.6) is 0 Å². The van der Waals surface area contributed by atoms with Gasteiger partial charge in [-0.1, -0.05) is 43.7 Å². The second-order valence-electron chi connectivity index (χ2n) is 9.95. The highest BCUT2D eigenvalue weighted by molar-refractivity contribution is 5.71. The van der Waals surface area contributed by atoms with E-state index in [9.17, 15) is 9.59 Å². The third-order valence-electron chi connectivity index (χ3n) is 8.14. The van der Waals surface area contributed by atoms with E-state index in [1.807, 2.05) is 30.3 Å². The molecule has 3 aromatic rings. The summed E-state index contributed by atoms with van der Waals surface area (Å²) >= 11 is 0. The van der Waals surface area contributed by atoms with Gasteiger partial charge < -0.3 is 4.57 Å². The number of nitrogens with zero attached hydrogens (tertiary/aromatic N) is 4. The summed E-state index contributed by atoms with van der Waals surface area (Å²) in [4.78, 5) is 35.8. The topological polar surface area (TPSA) is 75.9 Å². The molecule has 1 aliphatic heterocycles. The number of nitrogens with one attached hydrogen (secondary N) is 1. The minimum atomic E-state index is -0.393. The lowest BCUT2D eigenvalue weighted by atomic mass is 9.77. The van der Waals surface area contributed by atoms with Crippen LogP contribution >= 0.6 is 0 Å². The van der Waals surface area contributed by atoms with Crippen LogP contribution in [0.3, 0.4) is 0 Å². The van der Waals surface area contributed by atoms with E-state index < -0.39 is 5.69 Å². The van der Waals surface area contributed by atoms with Gasteiger partial charge in [-0.2, -0.15) is 0 Å². The molecule has 0 radical (unpaired) electrons. The first kappa shape index (κ1) is 20.0. The summed E-state index contributed by atoms with van der Waals surface area (Å²) in [6.07, 6.45) is 6.19. The van der Waals surface area contributed by atoms with Crippen LogP contribution in [0.2, 0.25) is 0 Å². The lowest BCUT2D eigenvalue weighted by molar-refractivity contribution is -0.0305. The molecule has 3 heterocycles. The number of unbranched alkanes of at least 4 members (excludes halogenated alkanes) is 1. The molecule has 7 heteroatoms. The Morgan fingerprint density at radius 1 is 1.06 bits per heavy atom. The predicted molar refractivity (Wildman–Crippen MR) is 124 cm³/mol. The molecule has 168 valence electrons. The average molecular weight is 434 g/mol. The van der Waals surface area contributed by atoms with Gasteiger partial charge in [0.15, 0.2) is 11.2 Å². The molecule has 32 heavy (non-hydrogen) atoms. The summed E-state index contributed by atoms with van der Waals surface area (Å²) in [7, 11) is 0. The Morgan fingerprint density at radius 2 is 1.88 bits per heavy atom. The summed E-state index contributed by atoms with van der Waals surface area (Å²) in [5.74, 6) is 3.56. The van der Waals surface area contributed by atoms with E-state index in [-0.39, 0.29) is 5.56 Å². The molecule has 0 spiro atoms. The van der Waals surface area contributed by atoms with Gasteiger partial charge in [0.1, 0.15) is 5.82 Å². The van der Waals surface area contributed by atoms with E-state index in [0.29, 0.717) is 23.8 Å². The van der Waals surface area contributed by atoms with Gasteiger partial charge in [-0.05, 0) is 49.0 Å². The number of hydrogen-bond acceptors (Lipinski definition) is 4. The number of aromatic amines is 1. The molecule has 2 saturated carbocycles. The number of benzene rings is 1. The van der Waals surface area contributed by atoms with Crippen molar-refractivity contribution in [3.63, 3.8) is 0 Å². The zero-order valence-corrected chi connectivity index (χ0v) is 18.7. The summed E-state index contributed by atoms with van der Waals surface area (Å²) in [6, 6.07) is 10.6. The van der Waals surface area contributed by atoms with Crippen molar-refractivity contribution in [2.45, 2.75) is 64.7 Å². The summed E-state index contributed by atoms with van der Waals surface area (Å²) in [5, 5.41) is 0. The first-order valence-electron chi connectivity index (χ1n) is 12.1. The molecule has 3 fully saturated rings. The molecular formula is C25H31N5O2. The van der Waals surface area contributed by atoms with E-state index in [2.05, 4.69) is 21.4 Å². The lowest BCUT2D eigenvalue weighted by Crippen LogP contribution is -2.58. The highest BCUT2D eigenvalue weighted by Gasteiger charge is 2.56. The maximum Gasteiger partial charge on any atom is 0.330 e. The number of likely N-dealkylation sites (tertiary alicyclic amines) is 1. The number of fused-ring (bicyclic) bond motifs is 6. The minimum absolute atomic E-state index is 0.328. The van der Waals surface area contributed by atoms with Gasteiger partial charge in [0.2, 0.25) is 0 Å². The van der Waals surface area contributed by atoms with Crippen molar-refractivity contribution in [3.8, 4) is 0 Å². The third-order valence-corrected chi connectivity index (χ3v) is 8.14. The van der Waals surface area contributed by atoms with Gasteiger partial charge in [0, 0.05) is 19.1 Å². The van der Waals surface area contributed by atoms with Crippen molar-refractivity contribution in [1.29, 1.82) is 0 Å². The Morgan fingerprint density at radius 3 is 2.66 bits per heavy atom. The van der Waals surface area contributed by atoms with E-state index in [4.69, 9.17) is 4.98 Å². The van der Waals surface area contributed by atoms with Gasteiger partial charge in [0.05, 0.1) is 13.1 Å². The second-order valence-corrected chi connectivity index (χ2v) is 9.95. The second kappa shape index (κ2) is 7.73. The molecule has 2 aliphatic carbocycles. The fourth-order valence-electron chi connectivity index (χ4n) is 6.62. The monoisotopic (exact) mass is 433 g/mol. The Hall–Kier alpha value is -2.67. The maximum atomic E-state index is 12.9. The molecule has 7 nitrogen and oxygen atoms in total. The summed E-state index contributed by atoms with van der Waals surface area (Å²) in [6.45, 7) is 5.22. The van der Waals surface area contributed by atoms with E-state index in [1.165, 1.54) is 19.3 Å². The molecule has 4 atom stereocenters. The quantitative estimate of drug-likeness (QED) is 0.622. The van der Waals surface area contributed by atoms with Gasteiger partial charge in [-0.15, -0.1) is 0 Å². The molecule has 3 aliphatic rings. The summed E-state index contributed by atoms with van der Waals surface area (Å²) < 4.78 is 3.70. The van der Waals surface area contributed by atoms with Crippen molar-refractivity contribution in [3.05, 3.63) is 62.6 Å². The normalized spacial score (nSPS) is 26.5. The minimum Gasteiger partial charge on any atom is -0.321 e. The number of hydrogen-bond donors (Lipinski definition) is 1. The third kappa shape index (κ3) is 3.09. The molecule has 0 amide bonds. The van der Waals surface area contributed by atoms with Crippen molar-refractivity contribution in [2.75, 3.05) is 6.54 Å². The fraction of sp³-hybridized carbons (Fsp3) is 0.560. The van der Waals surface area contributed by atoms with Crippen LogP contribution in [0.25, 0.3) is 11.2 Å². The van der Waals surface area contributed by atoms with Crippen LogP contribution in [-0.2, 0) is 19.6 Å². The zero-order valence-electron chi connectivity index (χ0n) is 18.7. The Kier molecular flexibility index (Phi) is 4.82. The van der Waals surface area contributed by atoms with Crippen LogP contribution in [0.1, 0.15) is 50.4 Å². The molecule has 6 rings (SSSR count). The van der Waals surface area contributed by atoms with Gasteiger partial charge in [-0.25, -0.2) is 9.78 Å². The molecule has 1 N–H and O–H groups in total. The molecule has 0 unspecified atom stereocenters. The number of H-pyrrole nitrogens is 1. The maximum absolute atomic E-state index is 12.9. The zero-order chi connectivity index (χ0) is 21.8. The van der Waals surface area contributed by atoms with E-state index in [0.717, 1.165) is 61.6 Å². The highest BCUT2D eigenvalue weighted by atomic mass is 16.2. The van der Waals surface area contributed by atoms with Gasteiger partial charge in [0.25, 0.3) is 5.56 Å². The standard InChI is InChI=1S/C25H31N5O2/c1-2-3-11-29-20(15-28-14-19-17-9-10-18(12-17)21(19)28)26-23-22(29)24(31)27-25(32)30(23)13-16-7-5-4-6-8-16/h4-8,17-19,21H,2-3,9-15H2,1H3,(H,27,31,32)/t17-,18-,19+,21-/m0/s1. The van der Waals surface area contributed by atoms with Crippen molar-refractivity contribution < 1.29 is 0 Å². The van der Waals surface area contributed by atoms with Crippen LogP contribution < -0.4 is 11.2 Å². The molecule has 2 bridgehead atoms. The predicted octanol–water partition coefficient (Wildman–Crippen LogP) is 2.97. The highest BCUT2D eigenvalue weighted by Crippen LogP contribution is 2.55. The lowest BCUT2D eigenvalue weighted by Gasteiger charge is -2.50. The smallest absolute Gasteiger partial charge is 0.321 e. The van der Waals surface area contributed by atoms with Crippen LogP contribution in [0.15, 0.2) is 39.9 Å². The first-order valence-corrected chi connectivity index (χ1v) is 12.1. The van der Waals surface area contributed by atoms with Crippen LogP contribution in [0, 0.1) is 17.8 Å². The SMILES string of the molecule is CCCCn1c(CN2C[C@@H]3[C@H]4CC[C@@H](C4)[C@@H]32)nc2c1c(=O)[nH]c(=O)n2Cc1ccccc1. The molecular weight excluding hydrogens is 402 g/mol. The number of aromatic nitrogens is 4. The molecule has 2 aromatic heterocycles. The molecule has 1 aromatic carbocycles. The first-order chi connectivity index (χ1) is 15.6. The van der Waals surface area contributed by atoms with Gasteiger partial charge >= 0.3 is 5.69 Å². The Bertz CT molecular complexity index is 1260. The summed E-state index contributed by atoms with van der Waals surface area (Å²) in [5.41, 5.74) is 1.34. The van der Waals surface area contributed by atoms with Gasteiger partial charge in [-0.3, -0.25) is 19.2 Å². The average Bonchev–Trinajstić information content (AvgIpc) is 3.44. The number of rotatable bonds is 7. The number of imidazole rings is 1. The van der Waals surface area contributed by atoms with Crippen LogP contribution in [0.4, 0.5) is 0 Å². The van der Waals surface area contributed by atoms with Crippen molar-refractivity contribution in [2.24, 2.45) is 17.8 Å². The molecule has 1 saturated heterocycles. The van der Waals surface area contributed by atoms with Crippen molar-refractivity contribution >= 4 is 11.2 Å². The Balaban J connectivity index is 1.40.